The molecule has 1 saturated heterocycles. The van der Waals surface area contributed by atoms with Crippen LogP contribution in [0.2, 0.25) is 0 Å². The summed E-state index contributed by atoms with van der Waals surface area (Å²) >= 11 is 0.843. The maximum absolute atomic E-state index is 12.8. The molecule has 0 radical (unpaired) electrons. The maximum Gasteiger partial charge on any atom is 0.293 e. The number of nitrogens with one attached hydrogen (secondary N) is 1. The summed E-state index contributed by atoms with van der Waals surface area (Å²) in [5.74, 6) is 0.639. The standard InChI is InChI=1S/C23H24N2O6S/c1-14-5-7-16(8-6-14)21(26)24-9-10-25-22(27)19(32-23(25)28)13-15-11-17(29-2)20(31-4)18(12-15)30-3/h5-8,11-13H,9-10H2,1-4H3,(H,24,26)/b19-13+. The molecule has 1 heterocycles. The first-order valence-corrected chi connectivity index (χ1v) is 10.6. The van der Waals surface area contributed by atoms with E-state index in [1.807, 2.05) is 19.1 Å². The first-order chi connectivity index (χ1) is 15.4. The molecule has 3 amide bonds. The smallest absolute Gasteiger partial charge is 0.293 e. The Hall–Kier alpha value is -3.46. The first-order valence-electron chi connectivity index (χ1n) is 9.78. The highest BCUT2D eigenvalue weighted by Crippen LogP contribution is 2.40. The van der Waals surface area contributed by atoms with E-state index >= 15 is 0 Å². The summed E-state index contributed by atoms with van der Waals surface area (Å²) in [7, 11) is 4.50. The van der Waals surface area contributed by atoms with Crippen molar-refractivity contribution in [1.82, 2.24) is 10.2 Å². The number of carbonyl (C=O) groups is 3. The van der Waals surface area contributed by atoms with E-state index in [-0.39, 0.29) is 23.9 Å². The van der Waals surface area contributed by atoms with Crippen LogP contribution in [0.1, 0.15) is 21.5 Å². The summed E-state index contributed by atoms with van der Waals surface area (Å²) in [6.07, 6.45) is 1.60. The Kier molecular flexibility index (Phi) is 7.42. The molecule has 0 saturated carbocycles. The molecule has 1 fully saturated rings. The largest absolute Gasteiger partial charge is 0.493 e. The van der Waals surface area contributed by atoms with Gasteiger partial charge in [-0.1, -0.05) is 17.7 Å². The molecule has 3 rings (SSSR count). The van der Waals surface area contributed by atoms with Crippen LogP contribution < -0.4 is 19.5 Å². The highest BCUT2D eigenvalue weighted by atomic mass is 32.2. The fourth-order valence-corrected chi connectivity index (χ4v) is 3.98. The molecular formula is C23H24N2O6S. The molecule has 0 spiro atoms. The van der Waals surface area contributed by atoms with Crippen molar-refractivity contribution in [2.75, 3.05) is 34.4 Å². The molecule has 2 aromatic carbocycles. The second-order valence-electron chi connectivity index (χ2n) is 6.91. The third-order valence-corrected chi connectivity index (χ3v) is 5.70. The minimum Gasteiger partial charge on any atom is -0.493 e. The highest BCUT2D eigenvalue weighted by Gasteiger charge is 2.34. The van der Waals surface area contributed by atoms with Crippen LogP contribution in [0.5, 0.6) is 17.2 Å². The predicted molar refractivity (Wildman–Crippen MR) is 122 cm³/mol. The molecule has 0 aromatic heterocycles. The van der Waals surface area contributed by atoms with Crippen molar-refractivity contribution in [3.63, 3.8) is 0 Å². The molecule has 168 valence electrons. The van der Waals surface area contributed by atoms with Crippen LogP contribution in [0.3, 0.4) is 0 Å². The van der Waals surface area contributed by atoms with Gasteiger partial charge in [-0.2, -0.15) is 0 Å². The van der Waals surface area contributed by atoms with Gasteiger partial charge in [0.05, 0.1) is 26.2 Å². The van der Waals surface area contributed by atoms with Crippen LogP contribution in [-0.2, 0) is 4.79 Å². The molecule has 0 aliphatic carbocycles. The van der Waals surface area contributed by atoms with Crippen molar-refractivity contribution < 1.29 is 28.6 Å². The predicted octanol–water partition coefficient (Wildman–Crippen LogP) is 3.49. The van der Waals surface area contributed by atoms with E-state index in [2.05, 4.69) is 5.32 Å². The summed E-state index contributed by atoms with van der Waals surface area (Å²) in [4.78, 5) is 38.7. The van der Waals surface area contributed by atoms with Crippen molar-refractivity contribution in [2.45, 2.75) is 6.92 Å². The molecule has 0 atom stereocenters. The average Bonchev–Trinajstić information content (AvgIpc) is 3.05. The summed E-state index contributed by atoms with van der Waals surface area (Å²) in [5.41, 5.74) is 2.20. The molecule has 32 heavy (non-hydrogen) atoms. The monoisotopic (exact) mass is 456 g/mol. The third kappa shape index (κ3) is 5.05. The van der Waals surface area contributed by atoms with Crippen LogP contribution in [0.25, 0.3) is 6.08 Å². The second-order valence-corrected chi connectivity index (χ2v) is 7.91. The van der Waals surface area contributed by atoms with Crippen LogP contribution in [0.15, 0.2) is 41.3 Å². The van der Waals surface area contributed by atoms with Crippen molar-refractivity contribution in [3.8, 4) is 17.2 Å². The van der Waals surface area contributed by atoms with E-state index < -0.39 is 11.1 Å². The Bertz CT molecular complexity index is 1040. The van der Waals surface area contributed by atoms with E-state index in [1.165, 1.54) is 21.3 Å². The zero-order valence-corrected chi connectivity index (χ0v) is 19.1. The van der Waals surface area contributed by atoms with Gasteiger partial charge in [0.1, 0.15) is 0 Å². The Morgan fingerprint density at radius 2 is 1.66 bits per heavy atom. The van der Waals surface area contributed by atoms with Crippen LogP contribution in [-0.4, -0.2) is 56.4 Å². The summed E-state index contributed by atoms with van der Waals surface area (Å²) in [6.45, 7) is 2.17. The van der Waals surface area contributed by atoms with E-state index in [1.54, 1.807) is 30.3 Å². The molecule has 1 aliphatic rings. The summed E-state index contributed by atoms with van der Waals surface area (Å²) in [5, 5.41) is 2.34. The van der Waals surface area contributed by atoms with E-state index in [0.29, 0.717) is 28.4 Å². The van der Waals surface area contributed by atoms with Gasteiger partial charge in [0, 0.05) is 18.7 Å². The number of rotatable bonds is 8. The first kappa shape index (κ1) is 23.2. The average molecular weight is 457 g/mol. The fraction of sp³-hybridized carbons (Fsp3) is 0.261. The van der Waals surface area contributed by atoms with Crippen LogP contribution >= 0.6 is 11.8 Å². The van der Waals surface area contributed by atoms with E-state index in [9.17, 15) is 14.4 Å². The zero-order chi connectivity index (χ0) is 23.3. The van der Waals surface area contributed by atoms with Gasteiger partial charge < -0.3 is 19.5 Å². The normalized spacial score (nSPS) is 14.6. The van der Waals surface area contributed by atoms with Crippen molar-refractivity contribution in [2.24, 2.45) is 0 Å². The van der Waals surface area contributed by atoms with Crippen LogP contribution in [0.4, 0.5) is 4.79 Å². The minimum atomic E-state index is -0.418. The van der Waals surface area contributed by atoms with Gasteiger partial charge in [0.15, 0.2) is 11.5 Å². The van der Waals surface area contributed by atoms with Gasteiger partial charge >= 0.3 is 0 Å². The third-order valence-electron chi connectivity index (χ3n) is 4.79. The number of nitrogens with zero attached hydrogens (tertiary/aromatic N) is 1. The summed E-state index contributed by atoms with van der Waals surface area (Å²) < 4.78 is 16.0. The SMILES string of the molecule is COc1cc(/C=C2/SC(=O)N(CCNC(=O)c3ccc(C)cc3)C2=O)cc(OC)c1OC. The van der Waals surface area contributed by atoms with Gasteiger partial charge in [-0.25, -0.2) is 0 Å². The lowest BCUT2D eigenvalue weighted by Crippen LogP contribution is -2.37. The number of ether oxygens (including phenoxy) is 3. The van der Waals surface area contributed by atoms with Gasteiger partial charge in [-0.05, 0) is 54.6 Å². The maximum atomic E-state index is 12.8. The van der Waals surface area contributed by atoms with Gasteiger partial charge in [0.25, 0.3) is 17.1 Å². The number of amides is 3. The lowest BCUT2D eigenvalue weighted by molar-refractivity contribution is -0.122. The number of hydrogen-bond acceptors (Lipinski definition) is 7. The number of hydrogen-bond donors (Lipinski definition) is 1. The van der Waals surface area contributed by atoms with Crippen LogP contribution in [0, 0.1) is 6.92 Å². The number of methoxy groups -OCH3 is 3. The molecule has 0 bridgehead atoms. The summed E-state index contributed by atoms with van der Waals surface area (Å²) in [6, 6.07) is 10.5. The molecule has 1 N–H and O–H groups in total. The van der Waals surface area contributed by atoms with Gasteiger partial charge in [-0.15, -0.1) is 0 Å². The number of benzene rings is 2. The topological polar surface area (TPSA) is 94.2 Å². The number of imide groups is 1. The Balaban J connectivity index is 1.68. The Morgan fingerprint density at radius 3 is 2.22 bits per heavy atom. The second kappa shape index (κ2) is 10.2. The number of thioether (sulfide) groups is 1. The van der Waals surface area contributed by atoms with E-state index in [4.69, 9.17) is 14.2 Å². The minimum absolute atomic E-state index is 0.0782. The fourth-order valence-electron chi connectivity index (χ4n) is 3.12. The molecule has 9 heteroatoms. The number of aryl methyl sites for hydroxylation is 1. The van der Waals surface area contributed by atoms with Crippen molar-refractivity contribution in [3.05, 3.63) is 58.0 Å². The molecule has 0 unspecified atom stereocenters. The quantitative estimate of drug-likeness (QED) is 0.608. The molecule has 8 nitrogen and oxygen atoms in total. The Labute approximate surface area is 190 Å². The van der Waals surface area contributed by atoms with E-state index in [0.717, 1.165) is 22.2 Å². The number of carbonyl (C=O) groups excluding carboxylic acids is 3. The lowest BCUT2D eigenvalue weighted by Gasteiger charge is -2.13. The van der Waals surface area contributed by atoms with Gasteiger partial charge in [0.2, 0.25) is 5.75 Å². The van der Waals surface area contributed by atoms with Gasteiger partial charge in [-0.3, -0.25) is 19.3 Å². The van der Waals surface area contributed by atoms with Crippen molar-refractivity contribution in [1.29, 1.82) is 0 Å². The Morgan fingerprint density at radius 1 is 1.03 bits per heavy atom. The lowest BCUT2D eigenvalue weighted by atomic mass is 10.1. The molecule has 1 aliphatic heterocycles. The molecule has 2 aromatic rings. The molecular weight excluding hydrogens is 432 g/mol. The van der Waals surface area contributed by atoms with Crippen molar-refractivity contribution >= 4 is 34.9 Å². The highest BCUT2D eigenvalue weighted by molar-refractivity contribution is 8.18. The zero-order valence-electron chi connectivity index (χ0n) is 18.3.